The maximum atomic E-state index is 4.50. The molecule has 1 N–H and O–H groups in total. The summed E-state index contributed by atoms with van der Waals surface area (Å²) in [5, 5.41) is 4.50. The van der Waals surface area contributed by atoms with Gasteiger partial charge in [-0.3, -0.25) is 5.43 Å². The molecule has 0 aliphatic carbocycles. The van der Waals surface area contributed by atoms with E-state index < -0.39 is 0 Å². The van der Waals surface area contributed by atoms with Crippen LogP contribution >= 0.6 is 0 Å². The van der Waals surface area contributed by atoms with Gasteiger partial charge >= 0.3 is 0 Å². The van der Waals surface area contributed by atoms with Gasteiger partial charge in [0.1, 0.15) is 12.1 Å². The van der Waals surface area contributed by atoms with Crippen LogP contribution in [0.3, 0.4) is 0 Å². The molecule has 0 atom stereocenters. The molecule has 3 rings (SSSR count). The minimum absolute atomic E-state index is 0.736. The van der Waals surface area contributed by atoms with Gasteiger partial charge in [0.15, 0.2) is 5.82 Å². The fourth-order valence-corrected chi connectivity index (χ4v) is 3.20. The molecule has 1 aromatic carbocycles. The van der Waals surface area contributed by atoms with E-state index in [9.17, 15) is 0 Å². The fourth-order valence-electron chi connectivity index (χ4n) is 3.20. The van der Waals surface area contributed by atoms with Crippen molar-refractivity contribution in [2.24, 2.45) is 5.10 Å². The zero-order valence-corrected chi connectivity index (χ0v) is 15.9. The largest absolute Gasteiger partial charge is 0.356 e. The Balaban J connectivity index is 1.63. The number of nitrogens with zero attached hydrogens (tertiary/aromatic N) is 4. The monoisotopic (exact) mass is 351 g/mol. The van der Waals surface area contributed by atoms with Crippen LogP contribution in [0.4, 0.5) is 11.6 Å². The molecule has 5 heteroatoms. The molecule has 1 fully saturated rings. The van der Waals surface area contributed by atoms with E-state index in [0.717, 1.165) is 42.4 Å². The molecule has 2 heterocycles. The van der Waals surface area contributed by atoms with Gasteiger partial charge in [0.05, 0.1) is 5.71 Å². The molecule has 0 spiro atoms. The van der Waals surface area contributed by atoms with Crippen LogP contribution in [0.25, 0.3) is 0 Å². The van der Waals surface area contributed by atoms with Crippen LogP contribution in [0.1, 0.15) is 57.1 Å². The van der Waals surface area contributed by atoms with E-state index in [4.69, 9.17) is 0 Å². The van der Waals surface area contributed by atoms with Gasteiger partial charge in [-0.25, -0.2) is 9.97 Å². The van der Waals surface area contributed by atoms with Crippen molar-refractivity contribution in [3.63, 3.8) is 0 Å². The van der Waals surface area contributed by atoms with Crippen LogP contribution in [0.15, 0.2) is 41.8 Å². The topological polar surface area (TPSA) is 53.4 Å². The lowest BCUT2D eigenvalue weighted by molar-refractivity contribution is 0.573. The molecule has 0 unspecified atom stereocenters. The number of piperidine rings is 1. The van der Waals surface area contributed by atoms with Crippen LogP contribution in [0, 0.1) is 0 Å². The van der Waals surface area contributed by atoms with Crippen LogP contribution in [0.5, 0.6) is 0 Å². The van der Waals surface area contributed by atoms with E-state index in [1.54, 1.807) is 6.33 Å². The first-order valence-corrected chi connectivity index (χ1v) is 9.73. The molecule has 1 aliphatic rings. The molecular formula is C21H29N5. The third-order valence-electron chi connectivity index (χ3n) is 4.86. The Bertz CT molecular complexity index is 717. The smallest absolute Gasteiger partial charge is 0.151 e. The highest BCUT2D eigenvalue weighted by molar-refractivity contribution is 5.99. The SMILES string of the molecule is CCCCc1ccc(/C(C)=N/Nc2cc(N3CCCCC3)ncn2)cc1. The minimum atomic E-state index is 0.736. The maximum absolute atomic E-state index is 4.50. The van der Waals surface area contributed by atoms with Crippen molar-refractivity contribution >= 4 is 17.3 Å². The predicted octanol–water partition coefficient (Wildman–Crippen LogP) is 4.65. The molecule has 1 saturated heterocycles. The summed E-state index contributed by atoms with van der Waals surface area (Å²) in [5.41, 5.74) is 6.55. The standard InChI is InChI=1S/C21H29N5/c1-3-4-8-18-9-11-19(12-10-18)17(2)24-25-20-15-21(23-16-22-20)26-13-6-5-7-14-26/h9-12,15-16H,3-8,13-14H2,1-2H3,(H,22,23,25)/b24-17+. The zero-order chi connectivity index (χ0) is 18.2. The first kappa shape index (κ1) is 18.4. The van der Waals surface area contributed by atoms with Crippen LogP contribution in [-0.2, 0) is 6.42 Å². The number of hydrogen-bond acceptors (Lipinski definition) is 5. The van der Waals surface area contributed by atoms with Crippen molar-refractivity contribution in [1.29, 1.82) is 0 Å². The predicted molar refractivity (Wildman–Crippen MR) is 109 cm³/mol. The average molecular weight is 351 g/mol. The molecule has 138 valence electrons. The first-order valence-electron chi connectivity index (χ1n) is 9.73. The molecule has 1 aromatic heterocycles. The Morgan fingerprint density at radius 3 is 2.62 bits per heavy atom. The third-order valence-corrected chi connectivity index (χ3v) is 4.86. The van der Waals surface area contributed by atoms with Crippen molar-refractivity contribution < 1.29 is 0 Å². The van der Waals surface area contributed by atoms with Gasteiger partial charge in [0, 0.05) is 19.2 Å². The second kappa shape index (κ2) is 9.32. The van der Waals surface area contributed by atoms with Gasteiger partial charge in [-0.15, -0.1) is 0 Å². The van der Waals surface area contributed by atoms with Gasteiger partial charge in [-0.05, 0) is 50.2 Å². The van der Waals surface area contributed by atoms with Crippen LogP contribution < -0.4 is 10.3 Å². The van der Waals surface area contributed by atoms with Crippen LogP contribution in [0.2, 0.25) is 0 Å². The number of aryl methyl sites for hydroxylation is 1. The van der Waals surface area contributed by atoms with E-state index in [1.165, 1.54) is 37.7 Å². The third kappa shape index (κ3) is 5.04. The summed E-state index contributed by atoms with van der Waals surface area (Å²) in [6.07, 6.45) is 9.00. The van der Waals surface area contributed by atoms with E-state index in [1.807, 2.05) is 13.0 Å². The van der Waals surface area contributed by atoms with Crippen LogP contribution in [-0.4, -0.2) is 28.8 Å². The fraction of sp³-hybridized carbons (Fsp3) is 0.476. The van der Waals surface area contributed by atoms with E-state index in [0.29, 0.717) is 0 Å². The molecule has 26 heavy (non-hydrogen) atoms. The molecule has 0 saturated carbocycles. The zero-order valence-electron chi connectivity index (χ0n) is 15.9. The molecule has 0 radical (unpaired) electrons. The number of anilines is 2. The minimum Gasteiger partial charge on any atom is -0.356 e. The van der Waals surface area contributed by atoms with Crippen molar-refractivity contribution in [3.8, 4) is 0 Å². The lowest BCUT2D eigenvalue weighted by atomic mass is 10.0. The van der Waals surface area contributed by atoms with Crippen molar-refractivity contribution in [2.45, 2.75) is 52.4 Å². The van der Waals surface area contributed by atoms with E-state index in [2.05, 4.69) is 56.6 Å². The van der Waals surface area contributed by atoms with E-state index >= 15 is 0 Å². The lowest BCUT2D eigenvalue weighted by Gasteiger charge is -2.27. The Morgan fingerprint density at radius 2 is 1.88 bits per heavy atom. The van der Waals surface area contributed by atoms with Gasteiger partial charge in [-0.1, -0.05) is 37.6 Å². The molecule has 1 aliphatic heterocycles. The lowest BCUT2D eigenvalue weighted by Crippen LogP contribution is -2.30. The summed E-state index contributed by atoms with van der Waals surface area (Å²) in [5.74, 6) is 1.72. The summed E-state index contributed by atoms with van der Waals surface area (Å²) in [6.45, 7) is 6.38. The summed E-state index contributed by atoms with van der Waals surface area (Å²) in [7, 11) is 0. The quantitative estimate of drug-likeness (QED) is 0.583. The maximum Gasteiger partial charge on any atom is 0.151 e. The van der Waals surface area contributed by atoms with Crippen molar-refractivity contribution in [2.75, 3.05) is 23.4 Å². The summed E-state index contributed by atoms with van der Waals surface area (Å²) in [6, 6.07) is 10.7. The molecule has 0 amide bonds. The van der Waals surface area contributed by atoms with Crippen molar-refractivity contribution in [1.82, 2.24) is 9.97 Å². The van der Waals surface area contributed by atoms with Gasteiger partial charge in [-0.2, -0.15) is 5.10 Å². The number of hydrogen-bond donors (Lipinski definition) is 1. The Hall–Kier alpha value is -2.43. The second-order valence-corrected chi connectivity index (χ2v) is 6.92. The number of aromatic nitrogens is 2. The molecule has 0 bridgehead atoms. The Labute approximate surface area is 156 Å². The summed E-state index contributed by atoms with van der Waals surface area (Å²) in [4.78, 5) is 11.0. The first-order chi connectivity index (χ1) is 12.8. The van der Waals surface area contributed by atoms with Gasteiger partial charge in [0.25, 0.3) is 0 Å². The highest BCUT2D eigenvalue weighted by Gasteiger charge is 2.12. The van der Waals surface area contributed by atoms with E-state index in [-0.39, 0.29) is 0 Å². The number of unbranched alkanes of at least 4 members (excludes halogenated alkanes) is 1. The summed E-state index contributed by atoms with van der Waals surface area (Å²) >= 11 is 0. The molecular weight excluding hydrogens is 322 g/mol. The number of rotatable bonds is 7. The highest BCUT2D eigenvalue weighted by atomic mass is 15.3. The highest BCUT2D eigenvalue weighted by Crippen LogP contribution is 2.19. The number of hydrazone groups is 1. The van der Waals surface area contributed by atoms with Gasteiger partial charge in [0.2, 0.25) is 0 Å². The molecule has 2 aromatic rings. The molecule has 5 nitrogen and oxygen atoms in total. The average Bonchev–Trinajstić information content (AvgIpc) is 2.72. The summed E-state index contributed by atoms with van der Waals surface area (Å²) < 4.78 is 0. The second-order valence-electron chi connectivity index (χ2n) is 6.92. The Kier molecular flexibility index (Phi) is 6.58. The number of benzene rings is 1. The number of nitrogens with one attached hydrogen (secondary N) is 1. The normalized spacial score (nSPS) is 15.2. The Morgan fingerprint density at radius 1 is 1.12 bits per heavy atom. The van der Waals surface area contributed by atoms with Gasteiger partial charge < -0.3 is 4.90 Å². The van der Waals surface area contributed by atoms with Crippen molar-refractivity contribution in [3.05, 3.63) is 47.8 Å².